The molecule has 0 aliphatic heterocycles. The van der Waals surface area contributed by atoms with Crippen LogP contribution in [0.2, 0.25) is 0 Å². The van der Waals surface area contributed by atoms with Gasteiger partial charge in [-0.3, -0.25) is 0 Å². The molecule has 0 amide bonds. The third-order valence-corrected chi connectivity index (χ3v) is 4.21. The van der Waals surface area contributed by atoms with Crippen LogP contribution in [0.3, 0.4) is 0 Å². The maximum Gasteiger partial charge on any atom is 0.135 e. The van der Waals surface area contributed by atoms with E-state index in [9.17, 15) is 0 Å². The van der Waals surface area contributed by atoms with E-state index in [4.69, 9.17) is 4.42 Å². The number of benzene rings is 3. The minimum atomic E-state index is 0.811. The van der Waals surface area contributed by atoms with Gasteiger partial charge in [0, 0.05) is 17.4 Å². The molecule has 0 N–H and O–H groups in total. The summed E-state index contributed by atoms with van der Waals surface area (Å²) < 4.78 is 6.21. The lowest BCUT2D eigenvalue weighted by Gasteiger charge is -2.00. The average molecular weight is 298 g/mol. The van der Waals surface area contributed by atoms with E-state index in [1.54, 1.807) is 0 Å². The van der Waals surface area contributed by atoms with Crippen molar-refractivity contribution in [2.24, 2.45) is 0 Å². The Morgan fingerprint density at radius 2 is 1.57 bits per heavy atom. The Hall–Kier alpha value is -2.80. The predicted octanol–water partition coefficient (Wildman–Crippen LogP) is 6.21. The van der Waals surface area contributed by atoms with Crippen LogP contribution in [-0.2, 0) is 6.42 Å². The van der Waals surface area contributed by atoms with E-state index in [1.807, 2.05) is 13.0 Å². The fourth-order valence-electron chi connectivity index (χ4n) is 3.11. The molecule has 4 rings (SSSR count). The molecule has 1 nitrogen and oxygen atoms in total. The zero-order valence-electron chi connectivity index (χ0n) is 13.1. The average Bonchev–Trinajstić information content (AvgIpc) is 2.91. The summed E-state index contributed by atoms with van der Waals surface area (Å²) in [6.07, 6.45) is 5.04. The Morgan fingerprint density at radius 1 is 0.870 bits per heavy atom. The molecule has 0 atom stereocenters. The molecule has 0 aliphatic carbocycles. The topological polar surface area (TPSA) is 13.1 Å². The normalized spacial score (nSPS) is 11.7. The van der Waals surface area contributed by atoms with Gasteiger partial charge in [-0.1, -0.05) is 66.7 Å². The van der Waals surface area contributed by atoms with Crippen molar-refractivity contribution >= 4 is 27.8 Å². The molecule has 0 saturated carbocycles. The van der Waals surface area contributed by atoms with Crippen LogP contribution in [0, 0.1) is 0 Å². The monoisotopic (exact) mass is 298 g/mol. The quantitative estimate of drug-likeness (QED) is 0.438. The Morgan fingerprint density at radius 3 is 2.30 bits per heavy atom. The van der Waals surface area contributed by atoms with E-state index in [0.29, 0.717) is 0 Å². The first-order chi connectivity index (χ1) is 11.3. The number of rotatable bonds is 3. The third-order valence-electron chi connectivity index (χ3n) is 4.21. The fraction of sp³-hybridized carbons (Fsp3) is 0.0909. The molecular weight excluding hydrogens is 280 g/mol. The molecule has 0 saturated heterocycles. The van der Waals surface area contributed by atoms with Gasteiger partial charge in [0.05, 0.1) is 0 Å². The van der Waals surface area contributed by atoms with Crippen molar-refractivity contribution in [2.75, 3.05) is 0 Å². The highest BCUT2D eigenvalue weighted by atomic mass is 16.3. The van der Waals surface area contributed by atoms with E-state index in [2.05, 4.69) is 72.8 Å². The van der Waals surface area contributed by atoms with E-state index >= 15 is 0 Å². The summed E-state index contributed by atoms with van der Waals surface area (Å²) in [5.41, 5.74) is 3.42. The summed E-state index contributed by atoms with van der Waals surface area (Å²) >= 11 is 0. The first kappa shape index (κ1) is 13.8. The standard InChI is InChI=1S/C22H18O/c1-2-8-19-20-14-17-11-6-7-12-18(17)15-22(20)23-21(19)13-16-9-4-3-5-10-16/h2-12,14-15H,13H2,1H3/b8-2-. The zero-order valence-corrected chi connectivity index (χ0v) is 13.1. The van der Waals surface area contributed by atoms with Crippen LogP contribution in [0.15, 0.2) is 77.2 Å². The molecule has 0 unspecified atom stereocenters. The molecule has 0 fully saturated rings. The first-order valence-electron chi connectivity index (χ1n) is 7.96. The van der Waals surface area contributed by atoms with Crippen LogP contribution in [0.4, 0.5) is 0 Å². The van der Waals surface area contributed by atoms with E-state index in [0.717, 1.165) is 17.8 Å². The summed E-state index contributed by atoms with van der Waals surface area (Å²) in [6, 6.07) is 23.3. The number of hydrogen-bond donors (Lipinski definition) is 0. The lowest BCUT2D eigenvalue weighted by Crippen LogP contribution is -1.87. The van der Waals surface area contributed by atoms with Gasteiger partial charge in [0.25, 0.3) is 0 Å². The van der Waals surface area contributed by atoms with Crippen molar-refractivity contribution in [3.05, 3.63) is 89.7 Å². The van der Waals surface area contributed by atoms with E-state index in [-0.39, 0.29) is 0 Å². The third kappa shape index (κ3) is 2.55. The van der Waals surface area contributed by atoms with E-state index in [1.165, 1.54) is 27.3 Å². The molecule has 3 aromatic carbocycles. The lowest BCUT2D eigenvalue weighted by molar-refractivity contribution is 0.562. The minimum absolute atomic E-state index is 0.811. The number of allylic oxidation sites excluding steroid dienone is 1. The highest BCUT2D eigenvalue weighted by Crippen LogP contribution is 2.32. The number of furan rings is 1. The van der Waals surface area contributed by atoms with Crippen LogP contribution < -0.4 is 0 Å². The highest BCUT2D eigenvalue weighted by Gasteiger charge is 2.13. The van der Waals surface area contributed by atoms with Crippen LogP contribution >= 0.6 is 0 Å². The molecule has 1 heterocycles. The van der Waals surface area contributed by atoms with Gasteiger partial charge < -0.3 is 4.42 Å². The van der Waals surface area contributed by atoms with Gasteiger partial charge in [0.1, 0.15) is 11.3 Å². The first-order valence-corrected chi connectivity index (χ1v) is 7.96. The minimum Gasteiger partial charge on any atom is -0.460 e. The predicted molar refractivity (Wildman–Crippen MR) is 97.7 cm³/mol. The maximum absolute atomic E-state index is 6.21. The Kier molecular flexibility index (Phi) is 3.47. The largest absolute Gasteiger partial charge is 0.460 e. The van der Waals surface area contributed by atoms with Crippen LogP contribution in [0.25, 0.3) is 27.8 Å². The summed E-state index contributed by atoms with van der Waals surface area (Å²) in [5.74, 6) is 1.03. The van der Waals surface area contributed by atoms with E-state index < -0.39 is 0 Å². The molecule has 1 aromatic heterocycles. The molecule has 0 spiro atoms. The lowest BCUT2D eigenvalue weighted by atomic mass is 10.0. The number of fused-ring (bicyclic) bond motifs is 2. The second-order valence-corrected chi connectivity index (χ2v) is 5.80. The van der Waals surface area contributed by atoms with Gasteiger partial charge >= 0.3 is 0 Å². The summed E-state index contributed by atoms with van der Waals surface area (Å²) in [5, 5.41) is 3.65. The second kappa shape index (κ2) is 5.77. The summed E-state index contributed by atoms with van der Waals surface area (Å²) in [6.45, 7) is 2.05. The smallest absolute Gasteiger partial charge is 0.135 e. The van der Waals surface area contributed by atoms with Gasteiger partial charge in [-0.2, -0.15) is 0 Å². The molecule has 1 heteroatoms. The van der Waals surface area contributed by atoms with Gasteiger partial charge in [-0.15, -0.1) is 0 Å². The second-order valence-electron chi connectivity index (χ2n) is 5.80. The van der Waals surface area contributed by atoms with Gasteiger partial charge in [0.2, 0.25) is 0 Å². The molecule has 4 aromatic rings. The van der Waals surface area contributed by atoms with Crippen LogP contribution in [0.5, 0.6) is 0 Å². The Labute approximate surface area is 135 Å². The molecule has 0 aliphatic rings. The van der Waals surface area contributed by atoms with Crippen LogP contribution in [-0.4, -0.2) is 0 Å². The Balaban J connectivity index is 1.92. The molecule has 0 radical (unpaired) electrons. The van der Waals surface area contributed by atoms with Crippen molar-refractivity contribution in [3.8, 4) is 0 Å². The van der Waals surface area contributed by atoms with Gasteiger partial charge in [-0.25, -0.2) is 0 Å². The zero-order chi connectivity index (χ0) is 15.6. The highest BCUT2D eigenvalue weighted by molar-refractivity contribution is 6.00. The van der Waals surface area contributed by atoms with Crippen molar-refractivity contribution in [1.82, 2.24) is 0 Å². The molecule has 0 bridgehead atoms. The summed E-state index contributed by atoms with van der Waals surface area (Å²) in [4.78, 5) is 0. The van der Waals surface area contributed by atoms with Crippen LogP contribution in [0.1, 0.15) is 23.8 Å². The number of hydrogen-bond acceptors (Lipinski definition) is 1. The molecular formula is C22H18O. The van der Waals surface area contributed by atoms with Crippen molar-refractivity contribution < 1.29 is 4.42 Å². The molecule has 23 heavy (non-hydrogen) atoms. The Bertz CT molecular complexity index is 991. The SMILES string of the molecule is C/C=C\c1c(Cc2ccccc2)oc2cc3ccccc3cc12. The van der Waals surface area contributed by atoms with Crippen molar-refractivity contribution in [3.63, 3.8) is 0 Å². The molecule has 112 valence electrons. The maximum atomic E-state index is 6.21. The fourth-order valence-corrected chi connectivity index (χ4v) is 3.11. The summed E-state index contributed by atoms with van der Waals surface area (Å²) in [7, 11) is 0. The van der Waals surface area contributed by atoms with Gasteiger partial charge in [0.15, 0.2) is 0 Å². The van der Waals surface area contributed by atoms with Crippen molar-refractivity contribution in [2.45, 2.75) is 13.3 Å². The van der Waals surface area contributed by atoms with Crippen molar-refractivity contribution in [1.29, 1.82) is 0 Å². The van der Waals surface area contributed by atoms with Gasteiger partial charge in [-0.05, 0) is 35.4 Å².